The van der Waals surface area contributed by atoms with Crippen LogP contribution in [0.1, 0.15) is 41.4 Å². The molecule has 0 radical (unpaired) electrons. The number of rotatable bonds is 12. The fourth-order valence-corrected chi connectivity index (χ4v) is 6.38. The van der Waals surface area contributed by atoms with Crippen LogP contribution in [0.4, 0.5) is 0 Å². The summed E-state index contributed by atoms with van der Waals surface area (Å²) in [6.45, 7) is 6.07. The summed E-state index contributed by atoms with van der Waals surface area (Å²) in [5, 5.41) is 3.22. The molecule has 3 aromatic rings. The number of nitrogens with one attached hydrogen (secondary N) is 1. The van der Waals surface area contributed by atoms with E-state index in [-0.39, 0.29) is 24.7 Å². The smallest absolute Gasteiger partial charge is 0.255 e. The van der Waals surface area contributed by atoms with Crippen molar-refractivity contribution in [2.24, 2.45) is 0 Å². The fraction of sp³-hybridized carbons (Fsp3) is 0.417. The van der Waals surface area contributed by atoms with Gasteiger partial charge in [0.1, 0.15) is 5.76 Å². The third-order valence-electron chi connectivity index (χ3n) is 5.64. The highest BCUT2D eigenvalue weighted by Gasteiger charge is 2.24. The van der Waals surface area contributed by atoms with Gasteiger partial charge in [-0.3, -0.25) is 13.6 Å². The summed E-state index contributed by atoms with van der Waals surface area (Å²) in [6.07, 6.45) is 1.52. The molecule has 0 saturated heterocycles. The third kappa shape index (κ3) is 7.23. The van der Waals surface area contributed by atoms with Gasteiger partial charge in [-0.1, -0.05) is 29.8 Å². The van der Waals surface area contributed by atoms with Gasteiger partial charge in [-0.15, -0.1) is 0 Å². The van der Waals surface area contributed by atoms with Gasteiger partial charge < -0.3 is 18.8 Å². The van der Waals surface area contributed by atoms with E-state index in [1.807, 2.05) is 31.2 Å². The predicted octanol–water partition coefficient (Wildman–Crippen LogP) is 5.09. The normalized spacial score (nSPS) is 14.2. The average molecular weight is 646 g/mol. The van der Waals surface area contributed by atoms with Crippen molar-refractivity contribution in [3.8, 4) is 11.3 Å². The van der Waals surface area contributed by atoms with E-state index in [4.69, 9.17) is 8.94 Å². The molecule has 12 heteroatoms. The topological polar surface area (TPSA) is 125 Å². The van der Waals surface area contributed by atoms with Gasteiger partial charge in [0.05, 0.1) is 29.8 Å². The van der Waals surface area contributed by atoms with Crippen LogP contribution in [0, 0.1) is 10.5 Å². The molecule has 0 aliphatic heterocycles. The fourth-order valence-electron chi connectivity index (χ4n) is 3.80. The van der Waals surface area contributed by atoms with Crippen molar-refractivity contribution in [3.63, 3.8) is 0 Å². The maximum atomic E-state index is 12.8. The molecule has 1 amide bonds. The Balaban J connectivity index is 1.87. The molecule has 1 N–H and O–H groups in total. The number of unbranched alkanes of at least 4 members (excludes halogenated alkanes) is 1. The molecule has 2 heterocycles. The quantitative estimate of drug-likeness (QED) is 0.126. The average Bonchev–Trinajstić information content (AvgIpc) is 3.18. The van der Waals surface area contributed by atoms with Gasteiger partial charge in [0.2, 0.25) is 5.71 Å². The first kappa shape index (κ1) is 28.9. The van der Waals surface area contributed by atoms with Crippen LogP contribution in [-0.2, 0) is 26.9 Å². The third-order valence-corrected chi connectivity index (χ3v) is 9.24. The van der Waals surface area contributed by atoms with Crippen molar-refractivity contribution in [2.45, 2.75) is 33.2 Å². The van der Waals surface area contributed by atoms with Crippen molar-refractivity contribution in [1.29, 1.82) is 0 Å². The molecule has 0 saturated carbocycles. The van der Waals surface area contributed by atoms with Gasteiger partial charge in [-0.05, 0) is 55.3 Å². The minimum atomic E-state index is -2.65. The Bertz CT molecular complexity index is 1300. The Hall–Kier alpha value is -1.63. The zero-order valence-corrected chi connectivity index (χ0v) is 24.6. The number of carbonyl (C=O) groups is 1. The summed E-state index contributed by atoms with van der Waals surface area (Å²) >= 11 is -0.375. The predicted molar refractivity (Wildman–Crippen MR) is 149 cm³/mol. The minimum Gasteiger partial charge on any atom is -0.760 e. The van der Waals surface area contributed by atoms with Gasteiger partial charge in [0.25, 0.3) is 5.91 Å². The molecule has 1 aromatic carbocycles. The summed E-state index contributed by atoms with van der Waals surface area (Å²) in [4.78, 5) is 17.3. The second-order valence-corrected chi connectivity index (χ2v) is 13.3. The van der Waals surface area contributed by atoms with Crippen molar-refractivity contribution in [3.05, 3.63) is 50.7 Å². The van der Waals surface area contributed by atoms with Gasteiger partial charge in [-0.25, -0.2) is 9.29 Å². The first-order valence-electron chi connectivity index (χ1n) is 11.5. The highest BCUT2D eigenvalue weighted by atomic mass is 127. The lowest BCUT2D eigenvalue weighted by atomic mass is 10.0. The molecule has 2 atom stereocenters. The largest absolute Gasteiger partial charge is 0.760 e. The van der Waals surface area contributed by atoms with Crippen LogP contribution in [0.25, 0.3) is 22.4 Å². The lowest BCUT2D eigenvalue weighted by Gasteiger charge is -2.24. The number of pyridine rings is 1. The zero-order valence-electron chi connectivity index (χ0n) is 20.7. The lowest BCUT2D eigenvalue weighted by molar-refractivity contribution is 0.0964. The summed E-state index contributed by atoms with van der Waals surface area (Å²) in [5.41, 5.74) is 3.00. The van der Waals surface area contributed by atoms with Crippen LogP contribution >= 0.6 is 30.0 Å². The molecule has 0 bridgehead atoms. The zero-order chi connectivity index (χ0) is 26.5. The van der Waals surface area contributed by atoms with Crippen molar-refractivity contribution < 1.29 is 27.1 Å². The van der Waals surface area contributed by atoms with Crippen LogP contribution in [0.5, 0.6) is 0 Å². The number of fused-ring (bicyclic) bond motifs is 1. The van der Waals surface area contributed by atoms with Crippen molar-refractivity contribution in [2.75, 3.05) is 33.0 Å². The second-order valence-electron chi connectivity index (χ2n) is 8.46. The molecule has 9 nitrogen and oxygen atoms in total. The molecule has 2 aromatic heterocycles. The Morgan fingerprint density at radius 1 is 1.31 bits per heavy atom. The number of halogens is 1. The maximum Gasteiger partial charge on any atom is 0.255 e. The van der Waals surface area contributed by atoms with Crippen LogP contribution in [0.3, 0.4) is 0 Å². The summed E-state index contributed by atoms with van der Waals surface area (Å²) in [7, 11) is -1.10. The SMILES string of the molecule is CCOP(C)(=O)CCCCN(Cc1nc2oc(-c3ccc(C)cc3)c(C(=O)NC)c2cc1I)S(=O)[O-]. The van der Waals surface area contributed by atoms with E-state index in [2.05, 4.69) is 32.9 Å². The molecular weight excluding hydrogens is 616 g/mol. The number of aryl methyl sites for hydroxylation is 1. The lowest BCUT2D eigenvalue weighted by Crippen LogP contribution is -2.27. The first-order valence-corrected chi connectivity index (χ1v) is 15.9. The number of carbonyl (C=O) groups excluding carboxylic acids is 1. The molecule has 196 valence electrons. The minimum absolute atomic E-state index is 0.0510. The van der Waals surface area contributed by atoms with E-state index in [0.29, 0.717) is 51.6 Å². The van der Waals surface area contributed by atoms with E-state index >= 15 is 0 Å². The van der Waals surface area contributed by atoms with Crippen LogP contribution < -0.4 is 5.32 Å². The number of aromatic nitrogens is 1. The number of amides is 1. The summed E-state index contributed by atoms with van der Waals surface area (Å²) in [6, 6.07) is 9.44. The van der Waals surface area contributed by atoms with E-state index in [1.54, 1.807) is 26.7 Å². The Morgan fingerprint density at radius 2 is 2.00 bits per heavy atom. The molecule has 0 aliphatic carbocycles. The Morgan fingerprint density at radius 3 is 2.61 bits per heavy atom. The Labute approximate surface area is 227 Å². The number of nitrogens with zero attached hydrogens (tertiary/aromatic N) is 2. The van der Waals surface area contributed by atoms with Gasteiger partial charge >= 0.3 is 0 Å². The molecule has 2 unspecified atom stereocenters. The monoisotopic (exact) mass is 646 g/mol. The van der Waals surface area contributed by atoms with E-state index < -0.39 is 18.6 Å². The standard InChI is InChI=1S/C24H31IN3O6PS/c1-5-33-35(4,30)13-7-6-12-28(36(31)32)15-20-19(25)14-18-21(23(29)26-3)22(34-24(18)27-20)17-10-8-16(2)9-11-17/h8-11,14H,5-7,12-13,15H2,1-4H3,(H,26,29)(H,31,32)/p-1. The molecule has 36 heavy (non-hydrogen) atoms. The van der Waals surface area contributed by atoms with E-state index in [1.165, 1.54) is 4.31 Å². The number of hydrogen-bond donors (Lipinski definition) is 1. The number of benzene rings is 1. The summed E-state index contributed by atoms with van der Waals surface area (Å²) in [5.74, 6) is 0.115. The second kappa shape index (κ2) is 12.7. The van der Waals surface area contributed by atoms with Crippen LogP contribution in [-0.4, -0.2) is 57.0 Å². The van der Waals surface area contributed by atoms with Gasteiger partial charge in [0, 0.05) is 46.8 Å². The van der Waals surface area contributed by atoms with Crippen molar-refractivity contribution in [1.82, 2.24) is 14.6 Å². The van der Waals surface area contributed by atoms with E-state index in [9.17, 15) is 18.1 Å². The Kier molecular flexibility index (Phi) is 10.2. The van der Waals surface area contributed by atoms with Crippen LogP contribution in [0.2, 0.25) is 0 Å². The molecule has 0 spiro atoms. The molecular formula is C24H30IN3O6PS-. The van der Waals surface area contributed by atoms with Crippen LogP contribution in [0.15, 0.2) is 34.7 Å². The first-order chi connectivity index (χ1) is 17.1. The molecule has 0 aliphatic rings. The summed E-state index contributed by atoms with van der Waals surface area (Å²) < 4.78 is 49.4. The van der Waals surface area contributed by atoms with Crippen molar-refractivity contribution >= 4 is 58.2 Å². The highest BCUT2D eigenvalue weighted by molar-refractivity contribution is 14.1. The van der Waals surface area contributed by atoms with Gasteiger partial charge in [0.15, 0.2) is 7.37 Å². The highest BCUT2D eigenvalue weighted by Crippen LogP contribution is 2.43. The van der Waals surface area contributed by atoms with Gasteiger partial charge in [-0.2, -0.15) is 0 Å². The van der Waals surface area contributed by atoms with E-state index in [0.717, 1.165) is 11.1 Å². The molecule has 0 fully saturated rings. The maximum absolute atomic E-state index is 12.8. The molecule has 3 rings (SSSR count). The number of hydrogen-bond acceptors (Lipinski definition) is 7. The number of furan rings is 1.